The first kappa shape index (κ1) is 14.6. The van der Waals surface area contributed by atoms with Gasteiger partial charge in [-0.2, -0.15) is 0 Å². The van der Waals surface area contributed by atoms with Crippen LogP contribution in [0.25, 0.3) is 0 Å². The Morgan fingerprint density at radius 1 is 1.40 bits per heavy atom. The van der Waals surface area contributed by atoms with Crippen LogP contribution in [0.4, 0.5) is 0 Å². The minimum Gasteiger partial charge on any atom is -0.490 e. The summed E-state index contributed by atoms with van der Waals surface area (Å²) in [5.41, 5.74) is 0.600. The van der Waals surface area contributed by atoms with Gasteiger partial charge in [0.25, 0.3) is 5.91 Å². The van der Waals surface area contributed by atoms with E-state index in [2.05, 4.69) is 11.9 Å². The van der Waals surface area contributed by atoms with Gasteiger partial charge in [0.1, 0.15) is 12.4 Å². The lowest BCUT2D eigenvalue weighted by molar-refractivity contribution is 0.0917. The highest BCUT2D eigenvalue weighted by Crippen LogP contribution is 2.24. The summed E-state index contributed by atoms with van der Waals surface area (Å²) in [6, 6.07) is 7.00. The van der Waals surface area contributed by atoms with Crippen LogP contribution >= 0.6 is 0 Å². The molecule has 0 aliphatic heterocycles. The number of hydrogen-bond acceptors (Lipinski definition) is 3. The molecule has 1 aliphatic rings. The second-order valence-corrected chi connectivity index (χ2v) is 5.09. The molecule has 0 aromatic heterocycles. The molecular weight excluding hydrogens is 254 g/mol. The van der Waals surface area contributed by atoms with Gasteiger partial charge in [0.2, 0.25) is 0 Å². The molecule has 1 aliphatic carbocycles. The monoisotopic (exact) mass is 275 g/mol. The van der Waals surface area contributed by atoms with Crippen molar-refractivity contribution < 1.29 is 14.6 Å². The molecule has 4 nitrogen and oxygen atoms in total. The topological polar surface area (TPSA) is 58.6 Å². The van der Waals surface area contributed by atoms with Crippen LogP contribution in [0.5, 0.6) is 5.75 Å². The number of hydrogen-bond donors (Lipinski definition) is 2. The van der Waals surface area contributed by atoms with Crippen molar-refractivity contribution in [3.8, 4) is 5.75 Å². The van der Waals surface area contributed by atoms with Crippen LogP contribution in [0.1, 0.15) is 29.6 Å². The van der Waals surface area contributed by atoms with Crippen LogP contribution in [-0.2, 0) is 0 Å². The summed E-state index contributed by atoms with van der Waals surface area (Å²) in [4.78, 5) is 12.0. The molecule has 2 rings (SSSR count). The first-order valence-electron chi connectivity index (χ1n) is 7.00. The van der Waals surface area contributed by atoms with Crippen molar-refractivity contribution in [3.05, 3.63) is 42.5 Å². The first-order valence-corrected chi connectivity index (χ1v) is 7.00. The Morgan fingerprint density at radius 2 is 2.15 bits per heavy atom. The molecule has 1 aromatic rings. The van der Waals surface area contributed by atoms with E-state index in [9.17, 15) is 9.90 Å². The fourth-order valence-electron chi connectivity index (χ4n) is 2.44. The van der Waals surface area contributed by atoms with Gasteiger partial charge in [-0.25, -0.2) is 0 Å². The predicted octanol–water partition coefficient (Wildman–Crippen LogP) is 2.14. The fourth-order valence-corrected chi connectivity index (χ4v) is 2.44. The largest absolute Gasteiger partial charge is 0.490 e. The summed E-state index contributed by atoms with van der Waals surface area (Å²) in [5, 5.41) is 12.6. The van der Waals surface area contributed by atoms with Crippen LogP contribution < -0.4 is 10.1 Å². The van der Waals surface area contributed by atoms with Crippen molar-refractivity contribution in [3.63, 3.8) is 0 Å². The number of rotatable bonds is 6. The molecule has 0 heterocycles. The second-order valence-electron chi connectivity index (χ2n) is 5.09. The molecule has 4 heteroatoms. The zero-order valence-corrected chi connectivity index (χ0v) is 11.5. The maximum absolute atomic E-state index is 12.0. The molecule has 2 N–H and O–H groups in total. The highest BCUT2D eigenvalue weighted by Gasteiger charge is 2.25. The molecule has 1 fully saturated rings. The van der Waals surface area contributed by atoms with Gasteiger partial charge in [-0.15, -0.1) is 0 Å². The Bertz CT molecular complexity index is 455. The zero-order valence-electron chi connectivity index (χ0n) is 11.5. The van der Waals surface area contributed by atoms with Gasteiger partial charge in [0.05, 0.1) is 6.10 Å². The number of ether oxygens (including phenoxy) is 1. The average molecular weight is 275 g/mol. The Labute approximate surface area is 119 Å². The molecular formula is C16H21NO3. The van der Waals surface area contributed by atoms with E-state index in [0.717, 1.165) is 19.3 Å². The minimum absolute atomic E-state index is 0.112. The molecule has 0 radical (unpaired) electrons. The van der Waals surface area contributed by atoms with Crippen LogP contribution in [0.3, 0.4) is 0 Å². The molecule has 2 unspecified atom stereocenters. The van der Waals surface area contributed by atoms with E-state index in [1.807, 2.05) is 0 Å². The maximum Gasteiger partial charge on any atom is 0.251 e. The molecule has 0 saturated heterocycles. The maximum atomic E-state index is 12.0. The van der Waals surface area contributed by atoms with E-state index in [1.165, 1.54) is 0 Å². The molecule has 0 spiro atoms. The molecule has 0 bridgehead atoms. The summed E-state index contributed by atoms with van der Waals surface area (Å²) < 4.78 is 5.36. The van der Waals surface area contributed by atoms with Gasteiger partial charge in [-0.1, -0.05) is 19.1 Å². The van der Waals surface area contributed by atoms with Crippen LogP contribution in [0.2, 0.25) is 0 Å². The highest BCUT2D eigenvalue weighted by atomic mass is 16.5. The number of aliphatic hydroxyl groups excluding tert-OH is 1. The van der Waals surface area contributed by atoms with E-state index in [4.69, 9.17) is 4.74 Å². The van der Waals surface area contributed by atoms with Crippen molar-refractivity contribution in [2.45, 2.75) is 25.4 Å². The molecule has 108 valence electrons. The Kier molecular flexibility index (Phi) is 5.18. The number of aliphatic hydroxyl groups is 1. The minimum atomic E-state index is -0.273. The summed E-state index contributed by atoms with van der Waals surface area (Å²) in [6.07, 6.45) is 4.26. The standard InChI is InChI=1S/C16H21NO3/c1-2-10-20-14-8-6-12(7-9-14)16(19)17-11-13-4-3-5-15(13)18/h2,6-9,13,15,18H,1,3-5,10-11H2,(H,17,19). The number of carbonyl (C=O) groups excluding carboxylic acids is 1. The van der Waals surface area contributed by atoms with Gasteiger partial charge < -0.3 is 15.2 Å². The van der Waals surface area contributed by atoms with Gasteiger partial charge in [0.15, 0.2) is 0 Å². The highest BCUT2D eigenvalue weighted by molar-refractivity contribution is 5.94. The fraction of sp³-hybridized carbons (Fsp3) is 0.438. The second kappa shape index (κ2) is 7.10. The van der Waals surface area contributed by atoms with Gasteiger partial charge >= 0.3 is 0 Å². The average Bonchev–Trinajstić information content (AvgIpc) is 2.88. The van der Waals surface area contributed by atoms with Gasteiger partial charge in [0, 0.05) is 18.0 Å². The van der Waals surface area contributed by atoms with Crippen LogP contribution in [-0.4, -0.2) is 30.3 Å². The third kappa shape index (κ3) is 3.84. The Balaban J connectivity index is 1.84. The lowest BCUT2D eigenvalue weighted by Gasteiger charge is -2.15. The normalized spacial score (nSPS) is 21.4. The number of amides is 1. The van der Waals surface area contributed by atoms with Crippen LogP contribution in [0.15, 0.2) is 36.9 Å². The smallest absolute Gasteiger partial charge is 0.251 e. The zero-order chi connectivity index (χ0) is 14.4. The number of benzene rings is 1. The van der Waals surface area contributed by atoms with Crippen molar-refractivity contribution in [1.29, 1.82) is 0 Å². The molecule has 1 aromatic carbocycles. The third-order valence-electron chi connectivity index (χ3n) is 3.63. The summed E-state index contributed by atoms with van der Waals surface area (Å²) in [5.74, 6) is 0.793. The lowest BCUT2D eigenvalue weighted by Crippen LogP contribution is -2.32. The third-order valence-corrected chi connectivity index (χ3v) is 3.63. The summed E-state index contributed by atoms with van der Waals surface area (Å²) >= 11 is 0. The molecule has 2 atom stereocenters. The summed E-state index contributed by atoms with van der Waals surface area (Å²) in [6.45, 7) is 4.57. The van der Waals surface area contributed by atoms with Crippen molar-refractivity contribution in [2.24, 2.45) is 5.92 Å². The van der Waals surface area contributed by atoms with Crippen molar-refractivity contribution in [2.75, 3.05) is 13.2 Å². The Hall–Kier alpha value is -1.81. The molecule has 20 heavy (non-hydrogen) atoms. The summed E-state index contributed by atoms with van der Waals surface area (Å²) in [7, 11) is 0. The SMILES string of the molecule is C=CCOc1ccc(C(=O)NCC2CCCC2O)cc1. The molecule has 1 saturated carbocycles. The first-order chi connectivity index (χ1) is 9.70. The predicted molar refractivity (Wildman–Crippen MR) is 77.8 cm³/mol. The van der Waals surface area contributed by atoms with Crippen molar-refractivity contribution in [1.82, 2.24) is 5.32 Å². The lowest BCUT2D eigenvalue weighted by atomic mass is 10.1. The van der Waals surface area contributed by atoms with E-state index in [-0.39, 0.29) is 17.9 Å². The Morgan fingerprint density at radius 3 is 2.75 bits per heavy atom. The molecule has 1 amide bonds. The van der Waals surface area contributed by atoms with E-state index < -0.39 is 0 Å². The van der Waals surface area contributed by atoms with E-state index >= 15 is 0 Å². The van der Waals surface area contributed by atoms with E-state index in [1.54, 1.807) is 30.3 Å². The van der Waals surface area contributed by atoms with E-state index in [0.29, 0.717) is 24.5 Å². The number of nitrogens with one attached hydrogen (secondary N) is 1. The van der Waals surface area contributed by atoms with Gasteiger partial charge in [-0.3, -0.25) is 4.79 Å². The van der Waals surface area contributed by atoms with Gasteiger partial charge in [-0.05, 0) is 37.1 Å². The number of carbonyl (C=O) groups is 1. The quantitative estimate of drug-likeness (QED) is 0.782. The van der Waals surface area contributed by atoms with Crippen molar-refractivity contribution >= 4 is 5.91 Å². The van der Waals surface area contributed by atoms with Crippen LogP contribution in [0, 0.1) is 5.92 Å².